The van der Waals surface area contributed by atoms with Crippen LogP contribution in [-0.2, 0) is 0 Å². The van der Waals surface area contributed by atoms with Crippen LogP contribution in [0.5, 0.6) is 5.75 Å². The van der Waals surface area contributed by atoms with Crippen molar-refractivity contribution in [3.05, 3.63) is 70.5 Å². The summed E-state index contributed by atoms with van der Waals surface area (Å²) in [7, 11) is 0. The molecule has 150 valence electrons. The maximum Gasteiger partial charge on any atom is 0.259 e. The lowest BCUT2D eigenvalue weighted by molar-refractivity contribution is 0.0977. The monoisotopic (exact) mass is 482 g/mol. The van der Waals surface area contributed by atoms with Crippen molar-refractivity contribution < 1.29 is 14.3 Å². The second kappa shape index (κ2) is 8.21. The highest BCUT2D eigenvalue weighted by Crippen LogP contribution is 2.33. The zero-order valence-corrected chi connectivity index (χ0v) is 18.0. The van der Waals surface area contributed by atoms with Crippen LogP contribution in [0.4, 0.5) is 5.69 Å². The second-order valence-electron chi connectivity index (χ2n) is 6.52. The van der Waals surface area contributed by atoms with Gasteiger partial charge in [-0.2, -0.15) is 0 Å². The predicted octanol–water partition coefficient (Wildman–Crippen LogP) is 4.79. The van der Waals surface area contributed by atoms with Crippen molar-refractivity contribution in [2.45, 2.75) is 6.92 Å². The fourth-order valence-corrected chi connectivity index (χ4v) is 3.39. The van der Waals surface area contributed by atoms with E-state index in [-0.39, 0.29) is 16.8 Å². The Morgan fingerprint density at radius 1 is 1.17 bits per heavy atom. The van der Waals surface area contributed by atoms with Gasteiger partial charge in [-0.15, -0.1) is 0 Å². The third-order valence-electron chi connectivity index (χ3n) is 4.22. The molecule has 2 heterocycles. The molecule has 3 N–H and O–H groups in total. The van der Waals surface area contributed by atoms with Crippen molar-refractivity contribution in [3.8, 4) is 17.2 Å². The molecule has 30 heavy (non-hydrogen) atoms. The number of pyridine rings is 1. The highest BCUT2D eigenvalue weighted by atomic mass is 79.9. The van der Waals surface area contributed by atoms with Gasteiger partial charge in [0, 0.05) is 22.6 Å². The number of nitrogens with zero attached hydrogens (tertiary/aromatic N) is 2. The molecule has 9 heteroatoms. The Labute approximate surface area is 185 Å². The smallest absolute Gasteiger partial charge is 0.259 e. The van der Waals surface area contributed by atoms with E-state index in [1.165, 1.54) is 12.3 Å². The van der Waals surface area contributed by atoms with E-state index in [2.05, 4.69) is 36.5 Å². The SMILES string of the molecule is Cc1ccc2oc(-c3cc(NC(=S)NC(=O)c4cncc(Br)c4)ccc3O)nc2c1. The lowest BCUT2D eigenvalue weighted by atomic mass is 10.1. The highest BCUT2D eigenvalue weighted by molar-refractivity contribution is 9.10. The summed E-state index contributed by atoms with van der Waals surface area (Å²) in [5, 5.41) is 15.9. The lowest BCUT2D eigenvalue weighted by Crippen LogP contribution is -2.34. The molecule has 7 nitrogen and oxygen atoms in total. The molecule has 0 aliphatic rings. The van der Waals surface area contributed by atoms with Crippen LogP contribution in [0.25, 0.3) is 22.6 Å². The number of nitrogens with one attached hydrogen (secondary N) is 2. The van der Waals surface area contributed by atoms with Crippen LogP contribution >= 0.6 is 28.1 Å². The minimum absolute atomic E-state index is 0.0130. The largest absolute Gasteiger partial charge is 0.507 e. The molecular weight excluding hydrogens is 468 g/mol. The average Bonchev–Trinajstić information content (AvgIpc) is 3.12. The molecule has 0 spiro atoms. The highest BCUT2D eigenvalue weighted by Gasteiger charge is 2.15. The van der Waals surface area contributed by atoms with Crippen LogP contribution in [0, 0.1) is 6.92 Å². The molecule has 0 radical (unpaired) electrons. The van der Waals surface area contributed by atoms with Gasteiger partial charge in [-0.05, 0) is 77.0 Å². The summed E-state index contributed by atoms with van der Waals surface area (Å²) in [6.07, 6.45) is 3.02. The number of benzene rings is 2. The third-order valence-corrected chi connectivity index (χ3v) is 4.86. The van der Waals surface area contributed by atoms with Gasteiger partial charge >= 0.3 is 0 Å². The van der Waals surface area contributed by atoms with Gasteiger partial charge in [0.05, 0.1) is 11.1 Å². The first kappa shape index (κ1) is 20.0. The van der Waals surface area contributed by atoms with E-state index < -0.39 is 5.91 Å². The number of thiocarbonyl (C=S) groups is 1. The minimum atomic E-state index is -0.394. The average molecular weight is 483 g/mol. The van der Waals surface area contributed by atoms with Crippen LogP contribution in [0.1, 0.15) is 15.9 Å². The lowest BCUT2D eigenvalue weighted by Gasteiger charge is -2.11. The van der Waals surface area contributed by atoms with E-state index in [0.717, 1.165) is 5.56 Å². The number of hydrogen-bond acceptors (Lipinski definition) is 6. The van der Waals surface area contributed by atoms with Crippen molar-refractivity contribution in [1.82, 2.24) is 15.3 Å². The minimum Gasteiger partial charge on any atom is -0.507 e. The number of rotatable bonds is 3. The van der Waals surface area contributed by atoms with E-state index in [9.17, 15) is 9.90 Å². The molecule has 0 fully saturated rings. The quantitative estimate of drug-likeness (QED) is 0.285. The number of hydrogen-bond donors (Lipinski definition) is 3. The summed E-state index contributed by atoms with van der Waals surface area (Å²) in [6.45, 7) is 1.97. The number of phenolic OH excluding ortho intramolecular Hbond substituents is 1. The number of amides is 1. The summed E-state index contributed by atoms with van der Waals surface area (Å²) in [5.41, 5.74) is 3.70. The van der Waals surface area contributed by atoms with Gasteiger partial charge in [0.25, 0.3) is 5.91 Å². The Morgan fingerprint density at radius 3 is 2.80 bits per heavy atom. The van der Waals surface area contributed by atoms with Crippen LogP contribution in [-0.4, -0.2) is 26.1 Å². The van der Waals surface area contributed by atoms with Gasteiger partial charge in [0.15, 0.2) is 10.7 Å². The zero-order valence-electron chi connectivity index (χ0n) is 15.6. The fourth-order valence-electron chi connectivity index (χ4n) is 2.81. The maximum atomic E-state index is 12.3. The number of oxazole rings is 1. The van der Waals surface area contributed by atoms with E-state index >= 15 is 0 Å². The summed E-state index contributed by atoms with van der Waals surface area (Å²) in [6, 6.07) is 12.1. The van der Waals surface area contributed by atoms with Crippen molar-refractivity contribution in [2.75, 3.05) is 5.32 Å². The molecule has 0 aliphatic heterocycles. The molecule has 0 atom stereocenters. The van der Waals surface area contributed by atoms with Crippen molar-refractivity contribution in [3.63, 3.8) is 0 Å². The molecule has 0 unspecified atom stereocenters. The fraction of sp³-hybridized carbons (Fsp3) is 0.0476. The number of carbonyl (C=O) groups is 1. The molecule has 4 rings (SSSR count). The first-order chi connectivity index (χ1) is 14.4. The Kier molecular flexibility index (Phi) is 5.47. The molecule has 0 bridgehead atoms. The Hall–Kier alpha value is -3.30. The molecule has 0 aliphatic carbocycles. The molecule has 1 amide bonds. The zero-order chi connectivity index (χ0) is 21.3. The number of aryl methyl sites for hydroxylation is 1. The third kappa shape index (κ3) is 4.32. The maximum absolute atomic E-state index is 12.3. The topological polar surface area (TPSA) is 100 Å². The van der Waals surface area contributed by atoms with Crippen molar-refractivity contribution in [1.29, 1.82) is 0 Å². The number of carbonyl (C=O) groups excluding carboxylic acids is 1. The van der Waals surface area contributed by atoms with Crippen LogP contribution < -0.4 is 10.6 Å². The molecule has 4 aromatic rings. The van der Waals surface area contributed by atoms with Gasteiger partial charge < -0.3 is 14.8 Å². The predicted molar refractivity (Wildman–Crippen MR) is 121 cm³/mol. The Balaban J connectivity index is 1.54. The molecule has 2 aromatic carbocycles. The van der Waals surface area contributed by atoms with Gasteiger partial charge in [-0.3, -0.25) is 15.1 Å². The van der Waals surface area contributed by atoms with E-state index in [1.807, 2.05) is 25.1 Å². The number of fused-ring (bicyclic) bond motifs is 1. The van der Waals surface area contributed by atoms with E-state index in [0.29, 0.717) is 32.4 Å². The molecular formula is C21H15BrN4O3S. The van der Waals surface area contributed by atoms with Crippen LogP contribution in [0.3, 0.4) is 0 Å². The number of anilines is 1. The number of aromatic nitrogens is 2. The van der Waals surface area contributed by atoms with Gasteiger partial charge in [0.1, 0.15) is 11.3 Å². The Bertz CT molecular complexity index is 1290. The van der Waals surface area contributed by atoms with Crippen LogP contribution in [0.2, 0.25) is 0 Å². The number of phenols is 1. The standard InChI is InChI=1S/C21H15BrN4O3S/c1-11-2-5-18-16(6-11)25-20(29-18)15-8-14(3-4-17(15)27)24-21(30)26-19(28)12-7-13(22)10-23-9-12/h2-10,27H,1H3,(H2,24,26,28,30). The number of halogens is 1. The van der Waals surface area contributed by atoms with Gasteiger partial charge in [-0.25, -0.2) is 4.98 Å². The Morgan fingerprint density at radius 2 is 2.00 bits per heavy atom. The summed E-state index contributed by atoms with van der Waals surface area (Å²) in [4.78, 5) is 20.7. The molecule has 2 aromatic heterocycles. The van der Waals surface area contributed by atoms with Crippen molar-refractivity contribution >= 4 is 56.0 Å². The van der Waals surface area contributed by atoms with Gasteiger partial charge in [-0.1, -0.05) is 6.07 Å². The first-order valence-corrected chi connectivity index (χ1v) is 10.0. The summed E-state index contributed by atoms with van der Waals surface area (Å²) < 4.78 is 6.46. The number of aromatic hydroxyl groups is 1. The second-order valence-corrected chi connectivity index (χ2v) is 7.85. The normalized spacial score (nSPS) is 10.7. The first-order valence-electron chi connectivity index (χ1n) is 8.82. The van der Waals surface area contributed by atoms with Gasteiger partial charge in [0.2, 0.25) is 5.89 Å². The summed E-state index contributed by atoms with van der Waals surface area (Å²) in [5.74, 6) is -0.0967. The van der Waals surface area contributed by atoms with E-state index in [4.69, 9.17) is 16.6 Å². The van der Waals surface area contributed by atoms with E-state index in [1.54, 1.807) is 24.4 Å². The summed E-state index contributed by atoms with van der Waals surface area (Å²) >= 11 is 8.50. The molecule has 0 saturated carbocycles. The molecule has 0 saturated heterocycles. The van der Waals surface area contributed by atoms with Crippen LogP contribution in [0.15, 0.2) is 63.7 Å². The van der Waals surface area contributed by atoms with Crippen molar-refractivity contribution in [2.24, 2.45) is 0 Å².